The first-order valence-electron chi connectivity index (χ1n) is 8.49. The Balaban J connectivity index is 1.67. The number of hydrogen-bond donors (Lipinski definition) is 1. The van der Waals surface area contributed by atoms with Gasteiger partial charge < -0.3 is 14.7 Å². The predicted molar refractivity (Wildman–Crippen MR) is 94.6 cm³/mol. The van der Waals surface area contributed by atoms with Crippen LogP contribution in [0.1, 0.15) is 19.3 Å². The number of ether oxygens (including phenoxy) is 1. The van der Waals surface area contributed by atoms with Crippen LogP contribution in [-0.4, -0.2) is 62.3 Å². The van der Waals surface area contributed by atoms with E-state index in [2.05, 4.69) is 0 Å². The molecule has 0 spiro atoms. The fourth-order valence-corrected chi connectivity index (χ4v) is 4.33. The summed E-state index contributed by atoms with van der Waals surface area (Å²) in [6.07, 6.45) is 1.47. The third-order valence-corrected chi connectivity index (χ3v) is 5.94. The Morgan fingerprint density at radius 2 is 1.88 bits per heavy atom. The molecule has 0 aromatic heterocycles. The number of anilines is 1. The molecule has 0 saturated carbocycles. The summed E-state index contributed by atoms with van der Waals surface area (Å²) in [6.45, 7) is 0.872. The summed E-state index contributed by atoms with van der Waals surface area (Å²) in [4.78, 5) is 25.2. The number of carbonyl (C=O) groups excluding carboxylic acids is 1. The Labute approximate surface area is 152 Å². The van der Waals surface area contributed by atoms with Crippen molar-refractivity contribution in [1.82, 2.24) is 4.90 Å². The average Bonchev–Trinajstić information content (AvgIpc) is 2.60. The SMILES string of the molecule is CS(=O)(=O)N1CC(CC(=O)N2CCC(C(=O)O)CC2)Oc2ccccc21. The van der Waals surface area contributed by atoms with E-state index in [1.807, 2.05) is 0 Å². The second-order valence-electron chi connectivity index (χ2n) is 6.70. The highest BCUT2D eigenvalue weighted by molar-refractivity contribution is 7.92. The fourth-order valence-electron chi connectivity index (χ4n) is 3.38. The summed E-state index contributed by atoms with van der Waals surface area (Å²) in [6, 6.07) is 6.84. The maximum atomic E-state index is 12.5. The number of carboxylic acids is 1. The number of carboxylic acid groups (broad SMARTS) is 1. The monoisotopic (exact) mass is 382 g/mol. The van der Waals surface area contributed by atoms with Gasteiger partial charge >= 0.3 is 5.97 Å². The lowest BCUT2D eigenvalue weighted by Crippen LogP contribution is -2.47. The number of sulfonamides is 1. The van der Waals surface area contributed by atoms with E-state index >= 15 is 0 Å². The Kier molecular flexibility index (Phi) is 5.08. The molecular formula is C17H22N2O6S. The van der Waals surface area contributed by atoms with Crippen molar-refractivity contribution in [3.63, 3.8) is 0 Å². The fraction of sp³-hybridized carbons (Fsp3) is 0.529. The van der Waals surface area contributed by atoms with Gasteiger partial charge in [-0.05, 0) is 25.0 Å². The third kappa shape index (κ3) is 3.92. The lowest BCUT2D eigenvalue weighted by atomic mass is 9.97. The Bertz CT molecular complexity index is 801. The molecular weight excluding hydrogens is 360 g/mol. The van der Waals surface area contributed by atoms with Crippen LogP contribution in [0.5, 0.6) is 5.75 Å². The molecule has 0 aliphatic carbocycles. The zero-order valence-corrected chi connectivity index (χ0v) is 15.3. The Hall–Kier alpha value is -2.29. The number of piperidine rings is 1. The largest absolute Gasteiger partial charge is 0.486 e. The molecule has 0 bridgehead atoms. The van der Waals surface area contributed by atoms with E-state index in [1.165, 1.54) is 4.31 Å². The van der Waals surface area contributed by atoms with Crippen molar-refractivity contribution < 1.29 is 27.9 Å². The van der Waals surface area contributed by atoms with Crippen LogP contribution in [0, 0.1) is 5.92 Å². The van der Waals surface area contributed by atoms with Gasteiger partial charge in [-0.15, -0.1) is 0 Å². The first kappa shape index (κ1) is 18.5. The molecule has 1 unspecified atom stereocenters. The molecule has 3 rings (SSSR count). The molecule has 1 amide bonds. The van der Waals surface area contributed by atoms with Gasteiger partial charge in [0, 0.05) is 13.1 Å². The summed E-state index contributed by atoms with van der Waals surface area (Å²) in [7, 11) is -3.49. The molecule has 1 aromatic carbocycles. The van der Waals surface area contributed by atoms with Gasteiger partial charge in [-0.1, -0.05) is 12.1 Å². The van der Waals surface area contributed by atoms with Crippen LogP contribution >= 0.6 is 0 Å². The van der Waals surface area contributed by atoms with Crippen molar-refractivity contribution >= 4 is 27.6 Å². The van der Waals surface area contributed by atoms with E-state index in [1.54, 1.807) is 29.2 Å². The summed E-state index contributed by atoms with van der Waals surface area (Å²) >= 11 is 0. The molecule has 0 radical (unpaired) electrons. The van der Waals surface area contributed by atoms with Crippen LogP contribution in [0.4, 0.5) is 5.69 Å². The summed E-state index contributed by atoms with van der Waals surface area (Å²) in [5.74, 6) is -0.941. The Morgan fingerprint density at radius 3 is 2.50 bits per heavy atom. The topological polar surface area (TPSA) is 104 Å². The standard InChI is InChI=1S/C17H22N2O6S/c1-26(23,24)19-11-13(25-15-5-3-2-4-14(15)19)10-16(20)18-8-6-12(7-9-18)17(21)22/h2-5,12-13H,6-11H2,1H3,(H,21,22). The number of carbonyl (C=O) groups is 2. The molecule has 1 N–H and O–H groups in total. The van der Waals surface area contributed by atoms with Crippen LogP contribution < -0.4 is 9.04 Å². The van der Waals surface area contributed by atoms with Gasteiger partial charge in [0.05, 0.1) is 30.8 Å². The molecule has 8 nitrogen and oxygen atoms in total. The van der Waals surface area contributed by atoms with Gasteiger partial charge in [0.1, 0.15) is 11.9 Å². The number of aliphatic carboxylic acids is 1. The minimum atomic E-state index is -3.49. The van der Waals surface area contributed by atoms with Gasteiger partial charge in [0.15, 0.2) is 0 Å². The molecule has 26 heavy (non-hydrogen) atoms. The molecule has 2 heterocycles. The van der Waals surface area contributed by atoms with Crippen LogP contribution in [0.3, 0.4) is 0 Å². The van der Waals surface area contributed by atoms with Crippen LogP contribution in [0.15, 0.2) is 24.3 Å². The molecule has 142 valence electrons. The van der Waals surface area contributed by atoms with E-state index in [-0.39, 0.29) is 18.9 Å². The molecule has 1 fully saturated rings. The van der Waals surface area contributed by atoms with Gasteiger partial charge in [-0.25, -0.2) is 8.42 Å². The number of nitrogens with zero attached hydrogens (tertiary/aromatic N) is 2. The smallest absolute Gasteiger partial charge is 0.306 e. The summed E-state index contributed by atoms with van der Waals surface area (Å²) < 4.78 is 31.3. The second kappa shape index (κ2) is 7.14. The number of rotatable bonds is 4. The lowest BCUT2D eigenvalue weighted by Gasteiger charge is -2.36. The van der Waals surface area contributed by atoms with Gasteiger partial charge in [0.2, 0.25) is 15.9 Å². The average molecular weight is 382 g/mol. The van der Waals surface area contributed by atoms with Crippen LogP contribution in [0.25, 0.3) is 0 Å². The summed E-state index contributed by atoms with van der Waals surface area (Å²) in [5.41, 5.74) is 0.473. The number of likely N-dealkylation sites (tertiary alicyclic amines) is 1. The van der Waals surface area contributed by atoms with E-state index in [0.29, 0.717) is 37.4 Å². The highest BCUT2D eigenvalue weighted by atomic mass is 32.2. The minimum absolute atomic E-state index is 0.0537. The summed E-state index contributed by atoms with van der Waals surface area (Å²) in [5, 5.41) is 9.04. The van der Waals surface area contributed by atoms with E-state index in [0.717, 1.165) is 6.26 Å². The van der Waals surface area contributed by atoms with Crippen molar-refractivity contribution in [1.29, 1.82) is 0 Å². The predicted octanol–water partition coefficient (Wildman–Crippen LogP) is 0.927. The second-order valence-corrected chi connectivity index (χ2v) is 8.61. The van der Waals surface area contributed by atoms with Crippen LogP contribution in [-0.2, 0) is 19.6 Å². The van der Waals surface area contributed by atoms with E-state index < -0.39 is 28.0 Å². The number of amides is 1. The normalized spacial score (nSPS) is 21.0. The van der Waals surface area contributed by atoms with Gasteiger partial charge in [-0.2, -0.15) is 0 Å². The highest BCUT2D eigenvalue weighted by Gasteiger charge is 2.34. The first-order chi connectivity index (χ1) is 12.3. The van der Waals surface area contributed by atoms with Crippen molar-refractivity contribution in [2.75, 3.05) is 30.2 Å². The van der Waals surface area contributed by atoms with Gasteiger partial charge in [0.25, 0.3) is 0 Å². The molecule has 2 aliphatic rings. The van der Waals surface area contributed by atoms with E-state index in [9.17, 15) is 18.0 Å². The minimum Gasteiger partial charge on any atom is -0.486 e. The molecule has 9 heteroatoms. The molecule has 2 aliphatic heterocycles. The highest BCUT2D eigenvalue weighted by Crippen LogP contribution is 2.35. The van der Waals surface area contributed by atoms with Crippen molar-refractivity contribution in [2.45, 2.75) is 25.4 Å². The lowest BCUT2D eigenvalue weighted by molar-refractivity contribution is -0.146. The molecule has 1 saturated heterocycles. The van der Waals surface area contributed by atoms with Gasteiger partial charge in [-0.3, -0.25) is 13.9 Å². The van der Waals surface area contributed by atoms with Crippen molar-refractivity contribution in [3.05, 3.63) is 24.3 Å². The number of benzene rings is 1. The number of para-hydroxylation sites is 2. The molecule has 1 aromatic rings. The number of hydrogen-bond acceptors (Lipinski definition) is 5. The molecule has 1 atom stereocenters. The maximum absolute atomic E-state index is 12.5. The maximum Gasteiger partial charge on any atom is 0.306 e. The quantitative estimate of drug-likeness (QED) is 0.831. The number of fused-ring (bicyclic) bond motifs is 1. The van der Waals surface area contributed by atoms with E-state index in [4.69, 9.17) is 9.84 Å². The first-order valence-corrected chi connectivity index (χ1v) is 10.3. The van der Waals surface area contributed by atoms with Crippen molar-refractivity contribution in [3.8, 4) is 5.75 Å². The zero-order chi connectivity index (χ0) is 18.9. The zero-order valence-electron chi connectivity index (χ0n) is 14.5. The Morgan fingerprint density at radius 1 is 1.23 bits per heavy atom. The van der Waals surface area contributed by atoms with Crippen molar-refractivity contribution in [2.24, 2.45) is 5.92 Å². The third-order valence-electron chi connectivity index (χ3n) is 4.80. The van der Waals surface area contributed by atoms with Crippen LogP contribution in [0.2, 0.25) is 0 Å².